The third-order valence-corrected chi connectivity index (χ3v) is 5.63. The summed E-state index contributed by atoms with van der Waals surface area (Å²) in [5.74, 6) is 0.0671. The molecule has 2 N–H and O–H groups in total. The van der Waals surface area contributed by atoms with E-state index in [2.05, 4.69) is 15.2 Å². The second-order valence-electron chi connectivity index (χ2n) is 6.11. The van der Waals surface area contributed by atoms with Crippen LogP contribution >= 0.6 is 11.6 Å². The predicted molar refractivity (Wildman–Crippen MR) is 117 cm³/mol. The molecular formula is C21H18ClN3O4S. The molecule has 0 fully saturated rings. The van der Waals surface area contributed by atoms with Gasteiger partial charge in [-0.25, -0.2) is 13.8 Å². The molecule has 3 aromatic rings. The van der Waals surface area contributed by atoms with Crippen LogP contribution in [-0.2, 0) is 10.0 Å². The molecule has 9 heteroatoms. The molecule has 0 heterocycles. The molecule has 1 amide bonds. The van der Waals surface area contributed by atoms with Gasteiger partial charge < -0.3 is 4.74 Å². The van der Waals surface area contributed by atoms with Crippen LogP contribution in [0.2, 0.25) is 5.02 Å². The second-order valence-corrected chi connectivity index (χ2v) is 8.23. The van der Waals surface area contributed by atoms with Crippen LogP contribution in [-0.4, -0.2) is 27.6 Å². The van der Waals surface area contributed by atoms with Crippen LogP contribution < -0.4 is 14.9 Å². The second kappa shape index (κ2) is 9.43. The molecule has 3 aromatic carbocycles. The molecule has 0 bridgehead atoms. The van der Waals surface area contributed by atoms with Gasteiger partial charge in [0.2, 0.25) is 0 Å². The first-order valence-corrected chi connectivity index (χ1v) is 10.6. The lowest BCUT2D eigenvalue weighted by Gasteiger charge is -2.09. The molecule has 3 rings (SSSR count). The number of rotatable bonds is 7. The van der Waals surface area contributed by atoms with Crippen molar-refractivity contribution in [1.82, 2.24) is 5.43 Å². The Morgan fingerprint density at radius 1 is 1.03 bits per heavy atom. The van der Waals surface area contributed by atoms with Crippen LogP contribution in [0.3, 0.4) is 0 Å². The van der Waals surface area contributed by atoms with E-state index >= 15 is 0 Å². The van der Waals surface area contributed by atoms with E-state index in [4.69, 9.17) is 16.3 Å². The number of hydrogen-bond acceptors (Lipinski definition) is 5. The monoisotopic (exact) mass is 443 g/mol. The highest BCUT2D eigenvalue weighted by Gasteiger charge is 2.16. The summed E-state index contributed by atoms with van der Waals surface area (Å²) >= 11 is 5.82. The SMILES string of the molecule is COc1ccc(NS(=O)(=O)c2cccc(C(=O)N/N=C\c3ccc(Cl)cc3)c2)cc1. The molecule has 7 nitrogen and oxygen atoms in total. The first-order valence-electron chi connectivity index (χ1n) is 8.73. The standard InChI is InChI=1S/C21H18ClN3O4S/c1-29-19-11-9-18(10-12-19)25-30(27,28)20-4-2-3-16(13-20)21(26)24-23-14-15-5-7-17(22)8-6-15/h2-14,25H,1H3,(H,24,26)/b23-14-. The molecule has 0 unspecified atom stereocenters. The van der Waals surface area contributed by atoms with Crippen molar-refractivity contribution in [1.29, 1.82) is 0 Å². The number of carbonyl (C=O) groups is 1. The molecule has 0 saturated carbocycles. The Bertz CT molecular complexity index is 1160. The van der Waals surface area contributed by atoms with E-state index in [1.165, 1.54) is 37.6 Å². The minimum absolute atomic E-state index is 0.0485. The summed E-state index contributed by atoms with van der Waals surface area (Å²) in [4.78, 5) is 12.3. The predicted octanol–water partition coefficient (Wildman–Crippen LogP) is 3.91. The number of methoxy groups -OCH3 is 1. The fraction of sp³-hybridized carbons (Fsp3) is 0.0476. The van der Waals surface area contributed by atoms with Gasteiger partial charge in [-0.3, -0.25) is 9.52 Å². The Balaban J connectivity index is 1.70. The third-order valence-electron chi connectivity index (χ3n) is 4.00. The minimum Gasteiger partial charge on any atom is -0.497 e. The molecule has 0 saturated heterocycles. The summed E-state index contributed by atoms with van der Waals surface area (Å²) in [5, 5.41) is 4.47. The van der Waals surface area contributed by atoms with E-state index < -0.39 is 15.9 Å². The Morgan fingerprint density at radius 2 is 1.73 bits per heavy atom. The van der Waals surface area contributed by atoms with Crippen molar-refractivity contribution in [3.63, 3.8) is 0 Å². The zero-order chi connectivity index (χ0) is 21.6. The van der Waals surface area contributed by atoms with Crippen LogP contribution in [0.5, 0.6) is 5.75 Å². The Morgan fingerprint density at radius 3 is 2.40 bits per heavy atom. The van der Waals surface area contributed by atoms with Crippen LogP contribution in [0.1, 0.15) is 15.9 Å². The number of benzene rings is 3. The summed E-state index contributed by atoms with van der Waals surface area (Å²) in [6.07, 6.45) is 1.46. The highest BCUT2D eigenvalue weighted by molar-refractivity contribution is 7.92. The molecule has 0 aliphatic rings. The zero-order valence-electron chi connectivity index (χ0n) is 15.9. The fourth-order valence-corrected chi connectivity index (χ4v) is 3.69. The number of amides is 1. The molecular weight excluding hydrogens is 426 g/mol. The summed E-state index contributed by atoms with van der Waals surface area (Å²) in [7, 11) is -2.36. The van der Waals surface area contributed by atoms with Crippen LogP contribution in [0.15, 0.2) is 82.8 Å². The minimum atomic E-state index is -3.88. The number of carbonyl (C=O) groups excluding carboxylic acids is 1. The number of ether oxygens (including phenoxy) is 1. The largest absolute Gasteiger partial charge is 0.497 e. The van der Waals surface area contributed by atoms with Crippen molar-refractivity contribution in [3.8, 4) is 5.75 Å². The van der Waals surface area contributed by atoms with Gasteiger partial charge in [0.25, 0.3) is 15.9 Å². The first-order chi connectivity index (χ1) is 14.4. The van der Waals surface area contributed by atoms with E-state index in [1.54, 1.807) is 48.5 Å². The van der Waals surface area contributed by atoms with Gasteiger partial charge >= 0.3 is 0 Å². The van der Waals surface area contributed by atoms with E-state index in [0.717, 1.165) is 5.56 Å². The van der Waals surface area contributed by atoms with Crippen molar-refractivity contribution < 1.29 is 17.9 Å². The van der Waals surface area contributed by atoms with Gasteiger partial charge in [-0.2, -0.15) is 5.10 Å². The number of sulfonamides is 1. The number of halogens is 1. The fourth-order valence-electron chi connectivity index (χ4n) is 2.46. The molecule has 0 radical (unpaired) electrons. The van der Waals surface area contributed by atoms with Gasteiger partial charge in [-0.1, -0.05) is 29.8 Å². The maximum atomic E-state index is 12.6. The topological polar surface area (TPSA) is 96.9 Å². The maximum absolute atomic E-state index is 12.6. The van der Waals surface area contributed by atoms with Crippen LogP contribution in [0.4, 0.5) is 5.69 Å². The van der Waals surface area contributed by atoms with Gasteiger partial charge in [0, 0.05) is 16.3 Å². The quantitative estimate of drug-likeness (QED) is 0.427. The molecule has 154 valence electrons. The average Bonchev–Trinajstić information content (AvgIpc) is 2.75. The summed E-state index contributed by atoms with van der Waals surface area (Å²) in [6.45, 7) is 0. The lowest BCUT2D eigenvalue weighted by Crippen LogP contribution is -2.19. The average molecular weight is 444 g/mol. The van der Waals surface area contributed by atoms with Crippen LogP contribution in [0, 0.1) is 0 Å². The highest BCUT2D eigenvalue weighted by atomic mass is 35.5. The highest BCUT2D eigenvalue weighted by Crippen LogP contribution is 2.20. The Hall–Kier alpha value is -3.36. The van der Waals surface area contributed by atoms with Gasteiger partial charge in [0.15, 0.2) is 0 Å². The lowest BCUT2D eigenvalue weighted by atomic mass is 10.2. The molecule has 0 aliphatic heterocycles. The molecule has 30 heavy (non-hydrogen) atoms. The lowest BCUT2D eigenvalue weighted by molar-refractivity contribution is 0.0955. The molecule has 0 atom stereocenters. The molecule has 0 spiro atoms. The number of anilines is 1. The zero-order valence-corrected chi connectivity index (χ0v) is 17.4. The van der Waals surface area contributed by atoms with Gasteiger partial charge in [-0.05, 0) is 60.2 Å². The number of hydrazone groups is 1. The third kappa shape index (κ3) is 5.59. The summed E-state index contributed by atoms with van der Waals surface area (Å²) in [6, 6.07) is 19.0. The number of nitrogens with zero attached hydrogens (tertiary/aromatic N) is 1. The summed E-state index contributed by atoms with van der Waals surface area (Å²) < 4.78 is 32.8. The van der Waals surface area contributed by atoms with E-state index in [9.17, 15) is 13.2 Å². The normalized spacial score (nSPS) is 11.3. The van der Waals surface area contributed by atoms with Crippen molar-refractivity contribution in [3.05, 3.63) is 88.9 Å². The molecule has 0 aliphatic carbocycles. The van der Waals surface area contributed by atoms with Crippen molar-refractivity contribution in [2.24, 2.45) is 5.10 Å². The van der Waals surface area contributed by atoms with Gasteiger partial charge in [-0.15, -0.1) is 0 Å². The Labute approximate surface area is 179 Å². The van der Waals surface area contributed by atoms with Crippen molar-refractivity contribution >= 4 is 39.4 Å². The number of nitrogens with one attached hydrogen (secondary N) is 2. The number of hydrogen-bond donors (Lipinski definition) is 2. The van der Waals surface area contributed by atoms with Crippen molar-refractivity contribution in [2.75, 3.05) is 11.8 Å². The smallest absolute Gasteiger partial charge is 0.271 e. The maximum Gasteiger partial charge on any atom is 0.271 e. The van der Waals surface area contributed by atoms with E-state index in [0.29, 0.717) is 16.5 Å². The van der Waals surface area contributed by atoms with Gasteiger partial charge in [0.1, 0.15) is 5.75 Å². The van der Waals surface area contributed by atoms with E-state index in [-0.39, 0.29) is 10.5 Å². The first kappa shape index (κ1) is 21.4. The van der Waals surface area contributed by atoms with Crippen molar-refractivity contribution in [2.45, 2.75) is 4.90 Å². The summed E-state index contributed by atoms with van der Waals surface area (Å²) in [5.41, 5.74) is 3.65. The van der Waals surface area contributed by atoms with Crippen LogP contribution in [0.25, 0.3) is 0 Å². The molecule has 0 aromatic heterocycles. The van der Waals surface area contributed by atoms with E-state index in [1.807, 2.05) is 0 Å². The Kier molecular flexibility index (Phi) is 6.71. The van der Waals surface area contributed by atoms with Gasteiger partial charge in [0.05, 0.1) is 18.2 Å².